The number of anilines is 1. The molecule has 2 aliphatic carbocycles. The minimum Gasteiger partial charge on any atom is -0.508 e. The van der Waals surface area contributed by atoms with E-state index < -0.39 is 23.3 Å². The number of benzene rings is 2. The summed E-state index contributed by atoms with van der Waals surface area (Å²) in [6, 6.07) is 10.9. The van der Waals surface area contributed by atoms with Crippen LogP contribution in [0.2, 0.25) is 0 Å². The molecule has 3 atom stereocenters. The number of pyridine rings is 1. The summed E-state index contributed by atoms with van der Waals surface area (Å²) in [5, 5.41) is 18.9. The van der Waals surface area contributed by atoms with E-state index in [2.05, 4.69) is 20.9 Å². The van der Waals surface area contributed by atoms with Gasteiger partial charge in [0.05, 0.1) is 11.1 Å². The second-order valence-electron chi connectivity index (χ2n) is 9.84. The Morgan fingerprint density at radius 2 is 1.95 bits per heavy atom. The van der Waals surface area contributed by atoms with Gasteiger partial charge in [0.15, 0.2) is 0 Å². The number of alkyl halides is 3. The Kier molecular flexibility index (Phi) is 5.48. The summed E-state index contributed by atoms with van der Waals surface area (Å²) in [5.41, 5.74) is 0.816. The summed E-state index contributed by atoms with van der Waals surface area (Å²) >= 11 is 0. The third-order valence-corrected chi connectivity index (χ3v) is 7.42. The maximum atomic E-state index is 12.7. The number of carbonyl (C=O) groups is 2. The molecule has 3 unspecified atom stereocenters. The summed E-state index contributed by atoms with van der Waals surface area (Å²) in [6.07, 6.45) is -1.23. The molecular formula is C27H23F3N4O4. The molecule has 3 aromatic rings. The summed E-state index contributed by atoms with van der Waals surface area (Å²) in [6.45, 7) is 0.0840. The molecule has 0 bridgehead atoms. The average Bonchev–Trinajstić information content (AvgIpc) is 3.74. The highest BCUT2D eigenvalue weighted by Gasteiger charge is 2.80. The van der Waals surface area contributed by atoms with E-state index in [1.807, 2.05) is 0 Å². The number of nitrogens with one attached hydrogen (secondary N) is 3. The molecular weight excluding hydrogens is 501 g/mol. The van der Waals surface area contributed by atoms with Crippen LogP contribution in [0.25, 0.3) is 0 Å². The van der Waals surface area contributed by atoms with Gasteiger partial charge in [-0.1, -0.05) is 12.1 Å². The molecule has 2 aromatic carbocycles. The predicted octanol–water partition coefficient (Wildman–Crippen LogP) is 4.84. The van der Waals surface area contributed by atoms with Crippen LogP contribution in [0, 0.1) is 5.92 Å². The normalized spacial score (nSPS) is 23.0. The number of aromatic nitrogens is 1. The molecule has 1 aromatic heterocycles. The number of amides is 3. The smallest absolute Gasteiger partial charge is 0.416 e. The second-order valence-corrected chi connectivity index (χ2v) is 9.84. The molecule has 3 amide bonds. The van der Waals surface area contributed by atoms with Gasteiger partial charge in [-0.2, -0.15) is 13.2 Å². The van der Waals surface area contributed by atoms with Crippen LogP contribution in [0.1, 0.15) is 41.0 Å². The zero-order valence-corrected chi connectivity index (χ0v) is 19.9. The Labute approximate surface area is 215 Å². The predicted molar refractivity (Wildman–Crippen MR) is 130 cm³/mol. The van der Waals surface area contributed by atoms with E-state index in [-0.39, 0.29) is 30.0 Å². The highest BCUT2D eigenvalue weighted by Crippen LogP contribution is 2.77. The lowest BCUT2D eigenvalue weighted by molar-refractivity contribution is -0.137. The number of urea groups is 1. The number of carbonyl (C=O) groups excluding carboxylic acids is 2. The Morgan fingerprint density at radius 3 is 2.68 bits per heavy atom. The van der Waals surface area contributed by atoms with Crippen LogP contribution in [-0.4, -0.2) is 27.6 Å². The van der Waals surface area contributed by atoms with Crippen LogP contribution in [0.3, 0.4) is 0 Å². The number of hydrogen-bond acceptors (Lipinski definition) is 5. The van der Waals surface area contributed by atoms with Crippen molar-refractivity contribution in [2.75, 3.05) is 5.32 Å². The number of fused-ring (bicyclic) bond motifs is 2. The topological polar surface area (TPSA) is 113 Å². The van der Waals surface area contributed by atoms with Crippen LogP contribution in [0.15, 0.2) is 54.7 Å². The number of phenolic OH excluding ortho intramolecular Hbond substituents is 1. The molecule has 6 rings (SSSR count). The molecule has 0 spiro atoms. The van der Waals surface area contributed by atoms with Gasteiger partial charge in [-0.25, -0.2) is 9.78 Å². The maximum Gasteiger partial charge on any atom is 0.416 e. The van der Waals surface area contributed by atoms with Crippen LogP contribution in [0.4, 0.5) is 23.8 Å². The first-order valence-corrected chi connectivity index (χ1v) is 12.1. The van der Waals surface area contributed by atoms with Crippen molar-refractivity contribution in [3.63, 3.8) is 0 Å². The van der Waals surface area contributed by atoms with E-state index in [1.54, 1.807) is 30.5 Å². The van der Waals surface area contributed by atoms with E-state index in [4.69, 9.17) is 4.74 Å². The van der Waals surface area contributed by atoms with Gasteiger partial charge in [0.1, 0.15) is 23.1 Å². The number of aromatic hydroxyl groups is 1. The van der Waals surface area contributed by atoms with Crippen molar-refractivity contribution in [1.82, 2.24) is 15.6 Å². The number of rotatable bonds is 6. The molecule has 196 valence electrons. The Hall–Kier alpha value is -4.28. The quantitative estimate of drug-likeness (QED) is 0.369. The van der Waals surface area contributed by atoms with Crippen molar-refractivity contribution in [1.29, 1.82) is 0 Å². The average molecular weight is 524 g/mol. The molecule has 8 nitrogen and oxygen atoms in total. The minimum atomic E-state index is -4.41. The summed E-state index contributed by atoms with van der Waals surface area (Å²) in [5.74, 6) is 1.68. The van der Waals surface area contributed by atoms with Crippen molar-refractivity contribution in [3.05, 3.63) is 77.0 Å². The lowest BCUT2D eigenvalue weighted by Gasteiger charge is -2.20. The maximum absolute atomic E-state index is 12.7. The second kappa shape index (κ2) is 8.64. The Balaban J connectivity index is 1.10. The van der Waals surface area contributed by atoms with Crippen LogP contribution < -0.4 is 20.7 Å². The highest BCUT2D eigenvalue weighted by atomic mass is 19.4. The van der Waals surface area contributed by atoms with Gasteiger partial charge in [-0.05, 0) is 60.7 Å². The van der Waals surface area contributed by atoms with Gasteiger partial charge in [-0.15, -0.1) is 0 Å². The van der Waals surface area contributed by atoms with Crippen LogP contribution in [-0.2, 0) is 23.9 Å². The zero-order chi connectivity index (χ0) is 26.7. The molecule has 4 N–H and O–H groups in total. The first-order valence-electron chi connectivity index (χ1n) is 12.1. The molecule has 2 fully saturated rings. The van der Waals surface area contributed by atoms with Crippen LogP contribution in [0.5, 0.6) is 17.2 Å². The van der Waals surface area contributed by atoms with E-state index in [0.717, 1.165) is 24.1 Å². The summed E-state index contributed by atoms with van der Waals surface area (Å²) in [7, 11) is 0. The lowest BCUT2D eigenvalue weighted by Crippen LogP contribution is -2.40. The Bertz CT molecular complexity index is 1440. The van der Waals surface area contributed by atoms with Crippen molar-refractivity contribution in [2.45, 2.75) is 43.4 Å². The molecule has 11 heteroatoms. The van der Waals surface area contributed by atoms with Gasteiger partial charge < -0.3 is 25.8 Å². The third-order valence-electron chi connectivity index (χ3n) is 7.42. The fraction of sp³-hybridized carbons (Fsp3) is 0.296. The number of phenols is 1. The number of nitrogens with zero attached hydrogens (tertiary/aromatic N) is 1. The minimum absolute atomic E-state index is 0.0755. The Morgan fingerprint density at radius 1 is 1.16 bits per heavy atom. The van der Waals surface area contributed by atoms with Gasteiger partial charge in [0, 0.05) is 36.2 Å². The fourth-order valence-corrected chi connectivity index (χ4v) is 5.20. The summed E-state index contributed by atoms with van der Waals surface area (Å²) < 4.78 is 44.3. The molecule has 2 saturated carbocycles. The SMILES string of the molecule is O=C1CCc2c(Oc3ccc(O)c(C4C5CC54NC(=O)NCc4ccc(C(F)(F)F)cc4)c3)ccnc2N1. The first-order chi connectivity index (χ1) is 18.1. The van der Waals surface area contributed by atoms with Crippen molar-refractivity contribution >= 4 is 17.8 Å². The third kappa shape index (κ3) is 4.37. The molecule has 3 aliphatic rings. The molecule has 2 heterocycles. The first kappa shape index (κ1) is 24.1. The monoisotopic (exact) mass is 524 g/mol. The number of ether oxygens (including phenoxy) is 1. The van der Waals surface area contributed by atoms with Crippen molar-refractivity contribution < 1.29 is 32.6 Å². The summed E-state index contributed by atoms with van der Waals surface area (Å²) in [4.78, 5) is 28.4. The van der Waals surface area contributed by atoms with Crippen molar-refractivity contribution in [2.24, 2.45) is 5.92 Å². The number of halogens is 3. The zero-order valence-electron chi connectivity index (χ0n) is 19.9. The van der Waals surface area contributed by atoms with Crippen LogP contribution >= 0.6 is 0 Å². The molecule has 0 radical (unpaired) electrons. The number of hydrogen-bond donors (Lipinski definition) is 4. The lowest BCUT2D eigenvalue weighted by atomic mass is 9.99. The largest absolute Gasteiger partial charge is 0.508 e. The standard InChI is InChI=1S/C27H23F3N4O4/c28-27(29,30)15-3-1-14(2-4-15)13-32-25(37)34-26-12-19(26)23(26)18-11-16(5-7-20(18)35)38-21-9-10-31-24-17(21)6-8-22(36)33-24/h1-5,7,9-11,19,23,35H,6,8,12-13H2,(H,31,33,36)(H2,32,34,37). The van der Waals surface area contributed by atoms with E-state index in [9.17, 15) is 27.9 Å². The van der Waals surface area contributed by atoms with E-state index >= 15 is 0 Å². The fourth-order valence-electron chi connectivity index (χ4n) is 5.20. The van der Waals surface area contributed by atoms with Gasteiger partial charge in [0.25, 0.3) is 0 Å². The highest BCUT2D eigenvalue weighted by molar-refractivity contribution is 5.93. The van der Waals surface area contributed by atoms with Gasteiger partial charge in [0.2, 0.25) is 5.91 Å². The van der Waals surface area contributed by atoms with E-state index in [1.165, 1.54) is 12.1 Å². The van der Waals surface area contributed by atoms with Gasteiger partial charge >= 0.3 is 12.2 Å². The van der Waals surface area contributed by atoms with Gasteiger partial charge in [-0.3, -0.25) is 4.79 Å². The van der Waals surface area contributed by atoms with E-state index in [0.29, 0.717) is 41.3 Å². The molecule has 1 aliphatic heterocycles. The molecule has 38 heavy (non-hydrogen) atoms. The molecule has 0 saturated heterocycles. The van der Waals surface area contributed by atoms with Crippen molar-refractivity contribution in [3.8, 4) is 17.2 Å².